The van der Waals surface area contributed by atoms with Crippen LogP contribution in [-0.4, -0.2) is 66.5 Å². The lowest BCUT2D eigenvalue weighted by molar-refractivity contribution is -0.117. The molecule has 7 nitrogen and oxygen atoms in total. The maximum absolute atomic E-state index is 13.4. The second-order valence-electron chi connectivity index (χ2n) is 7.24. The number of rotatable bonds is 4. The van der Waals surface area contributed by atoms with Crippen LogP contribution in [0.2, 0.25) is 0 Å². The molecule has 154 valence electrons. The number of pyridine rings is 1. The molecule has 0 aliphatic carbocycles. The van der Waals surface area contributed by atoms with Gasteiger partial charge in [-0.3, -0.25) is 9.69 Å². The van der Waals surface area contributed by atoms with E-state index in [1.54, 1.807) is 12.1 Å². The van der Waals surface area contributed by atoms with Crippen LogP contribution in [0.5, 0.6) is 0 Å². The monoisotopic (exact) mass is 422 g/mol. The highest BCUT2D eigenvalue weighted by Crippen LogP contribution is 2.25. The number of carbonyl (C=O) groups excluding carboxylic acids is 1. The summed E-state index contributed by atoms with van der Waals surface area (Å²) in [4.78, 5) is 18.4. The largest absolute Gasteiger partial charge is 0.310 e. The number of anilines is 1. The van der Waals surface area contributed by atoms with Gasteiger partial charge in [0, 0.05) is 43.5 Å². The number of hydrogen-bond donors (Lipinski definition) is 1. The van der Waals surface area contributed by atoms with Crippen LogP contribution in [0.3, 0.4) is 0 Å². The highest BCUT2D eigenvalue weighted by molar-refractivity contribution is 7.89. The molecule has 2 aliphatic heterocycles. The predicted molar refractivity (Wildman–Crippen MR) is 104 cm³/mol. The topological polar surface area (TPSA) is 82.6 Å². The predicted octanol–water partition coefficient (Wildman–Crippen LogP) is 1.69. The molecule has 2 saturated heterocycles. The van der Waals surface area contributed by atoms with Crippen molar-refractivity contribution in [3.05, 3.63) is 48.2 Å². The summed E-state index contributed by atoms with van der Waals surface area (Å²) in [5.41, 5.74) is 0.886. The molecule has 0 saturated carbocycles. The summed E-state index contributed by atoms with van der Waals surface area (Å²) in [5.74, 6) is -1.10. The average Bonchev–Trinajstić information content (AvgIpc) is 2.96. The van der Waals surface area contributed by atoms with Gasteiger partial charge in [0.2, 0.25) is 15.9 Å². The Kier molecular flexibility index (Phi) is 5.32. The van der Waals surface area contributed by atoms with Crippen molar-refractivity contribution >= 4 is 21.7 Å². The van der Waals surface area contributed by atoms with Crippen LogP contribution >= 0.6 is 0 Å². The third kappa shape index (κ3) is 4.44. The Bertz CT molecular complexity index is 1010. The van der Waals surface area contributed by atoms with E-state index < -0.39 is 21.7 Å². The fraction of sp³-hybridized carbons (Fsp3) is 0.368. The lowest BCUT2D eigenvalue weighted by atomic mass is 10.1. The zero-order chi connectivity index (χ0) is 20.6. The van der Waals surface area contributed by atoms with Gasteiger partial charge in [-0.05, 0) is 36.2 Å². The first-order valence-electron chi connectivity index (χ1n) is 9.24. The molecule has 1 atom stereocenters. The number of sulfonamides is 1. The number of fused-ring (bicyclic) bond motifs is 1. The Balaban J connectivity index is 1.34. The highest BCUT2D eigenvalue weighted by Gasteiger charge is 2.40. The quantitative estimate of drug-likeness (QED) is 0.811. The number of piperazine rings is 1. The van der Waals surface area contributed by atoms with Gasteiger partial charge in [-0.2, -0.15) is 4.31 Å². The first kappa shape index (κ1) is 19.9. The normalized spacial score (nSPS) is 21.7. The molecule has 0 radical (unpaired) electrons. The van der Waals surface area contributed by atoms with Gasteiger partial charge in [0.15, 0.2) is 0 Å². The van der Waals surface area contributed by atoms with Crippen LogP contribution in [0.25, 0.3) is 11.1 Å². The summed E-state index contributed by atoms with van der Waals surface area (Å²) in [6.07, 6.45) is 2.02. The third-order valence-corrected chi connectivity index (χ3v) is 7.12. The van der Waals surface area contributed by atoms with Gasteiger partial charge in [0.05, 0.1) is 12.3 Å². The van der Waals surface area contributed by atoms with E-state index in [0.717, 1.165) is 6.07 Å². The van der Waals surface area contributed by atoms with E-state index in [0.29, 0.717) is 43.0 Å². The Morgan fingerprint density at radius 1 is 1.14 bits per heavy atom. The van der Waals surface area contributed by atoms with Crippen LogP contribution in [-0.2, 0) is 14.8 Å². The molecule has 1 N–H and O–H groups in total. The molecule has 10 heteroatoms. The van der Waals surface area contributed by atoms with Gasteiger partial charge < -0.3 is 5.32 Å². The Morgan fingerprint density at radius 3 is 2.59 bits per heavy atom. The van der Waals surface area contributed by atoms with E-state index in [1.165, 1.54) is 22.6 Å². The Labute approximate surface area is 167 Å². The number of nitrogens with one attached hydrogen (secondary N) is 1. The van der Waals surface area contributed by atoms with Crippen molar-refractivity contribution in [3.8, 4) is 11.1 Å². The number of amides is 1. The molecule has 2 fully saturated rings. The third-order valence-electron chi connectivity index (χ3n) is 5.17. The number of halogens is 2. The number of aromatic nitrogens is 1. The van der Waals surface area contributed by atoms with Crippen molar-refractivity contribution in [2.24, 2.45) is 0 Å². The molecule has 0 spiro atoms. The highest BCUT2D eigenvalue weighted by atomic mass is 32.2. The summed E-state index contributed by atoms with van der Waals surface area (Å²) in [7, 11) is -3.13. The fourth-order valence-corrected chi connectivity index (χ4v) is 5.59. The van der Waals surface area contributed by atoms with Crippen molar-refractivity contribution < 1.29 is 22.0 Å². The number of benzene rings is 1. The van der Waals surface area contributed by atoms with Gasteiger partial charge in [0.25, 0.3) is 0 Å². The van der Waals surface area contributed by atoms with Crippen molar-refractivity contribution in [1.82, 2.24) is 14.2 Å². The van der Waals surface area contributed by atoms with Crippen molar-refractivity contribution in [1.29, 1.82) is 0 Å². The second kappa shape index (κ2) is 7.77. The average molecular weight is 422 g/mol. The van der Waals surface area contributed by atoms with E-state index in [2.05, 4.69) is 10.3 Å². The summed E-state index contributed by atoms with van der Waals surface area (Å²) in [6.45, 7) is 1.57. The minimum atomic E-state index is -3.13. The fourth-order valence-electron chi connectivity index (χ4n) is 3.79. The number of carbonyl (C=O) groups is 1. The second-order valence-corrected chi connectivity index (χ2v) is 9.28. The molecule has 1 amide bonds. The molecule has 3 heterocycles. The van der Waals surface area contributed by atoms with Crippen LogP contribution in [0.15, 0.2) is 36.5 Å². The van der Waals surface area contributed by atoms with Gasteiger partial charge in [-0.1, -0.05) is 0 Å². The van der Waals surface area contributed by atoms with Crippen molar-refractivity contribution in [2.45, 2.75) is 12.5 Å². The summed E-state index contributed by atoms with van der Waals surface area (Å²) >= 11 is 0. The molecule has 0 bridgehead atoms. The van der Waals surface area contributed by atoms with Crippen molar-refractivity contribution in [2.75, 3.05) is 37.2 Å². The molecule has 2 aliphatic rings. The van der Waals surface area contributed by atoms with E-state index >= 15 is 0 Å². The molecular weight excluding hydrogens is 402 g/mol. The van der Waals surface area contributed by atoms with Gasteiger partial charge in [-0.25, -0.2) is 22.2 Å². The van der Waals surface area contributed by atoms with Crippen molar-refractivity contribution in [3.63, 3.8) is 0 Å². The lowest BCUT2D eigenvalue weighted by Crippen LogP contribution is -2.52. The van der Waals surface area contributed by atoms with E-state index in [4.69, 9.17) is 0 Å². The van der Waals surface area contributed by atoms with Gasteiger partial charge >= 0.3 is 0 Å². The minimum Gasteiger partial charge on any atom is -0.310 e. The maximum atomic E-state index is 13.4. The maximum Gasteiger partial charge on any atom is 0.239 e. The van der Waals surface area contributed by atoms with E-state index in [-0.39, 0.29) is 24.2 Å². The SMILES string of the molecule is O=C(CN1CCN2C(CCS2(=O)=O)C1)Nc1ccc(-c2cc(F)cc(F)c2)cn1. The summed E-state index contributed by atoms with van der Waals surface area (Å²) in [6, 6.07) is 6.34. The molecule has 29 heavy (non-hydrogen) atoms. The number of hydrogen-bond acceptors (Lipinski definition) is 5. The molecule has 4 rings (SSSR count). The first-order chi connectivity index (χ1) is 13.8. The van der Waals surface area contributed by atoms with Crippen LogP contribution in [0, 0.1) is 11.6 Å². The molecule has 1 aromatic heterocycles. The standard InChI is InChI=1S/C19H20F2N4O3S/c20-15-7-14(8-16(21)9-15)13-1-2-18(22-10-13)23-19(26)12-24-4-5-25-17(11-24)3-6-29(25,27)28/h1-2,7-10,17H,3-6,11-12H2,(H,22,23,26). The minimum absolute atomic E-state index is 0.0642. The van der Waals surface area contributed by atoms with Crippen LogP contribution < -0.4 is 5.32 Å². The lowest BCUT2D eigenvalue weighted by Gasteiger charge is -2.35. The van der Waals surface area contributed by atoms with Gasteiger partial charge in [-0.15, -0.1) is 0 Å². The summed E-state index contributed by atoms with van der Waals surface area (Å²) in [5, 5.41) is 2.69. The molecular formula is C19H20F2N4O3S. The van der Waals surface area contributed by atoms with Crippen LogP contribution in [0.1, 0.15) is 6.42 Å². The molecule has 1 aromatic carbocycles. The smallest absolute Gasteiger partial charge is 0.239 e. The zero-order valence-corrected chi connectivity index (χ0v) is 16.3. The Hall–Kier alpha value is -2.43. The molecule has 1 unspecified atom stereocenters. The first-order valence-corrected chi connectivity index (χ1v) is 10.9. The zero-order valence-electron chi connectivity index (χ0n) is 15.5. The number of nitrogens with zero attached hydrogens (tertiary/aromatic N) is 3. The summed E-state index contributed by atoms with van der Waals surface area (Å²) < 4.78 is 52.1. The molecule has 2 aromatic rings. The van der Waals surface area contributed by atoms with Gasteiger partial charge in [0.1, 0.15) is 17.5 Å². The van der Waals surface area contributed by atoms with E-state index in [1.807, 2.05) is 4.90 Å². The Morgan fingerprint density at radius 2 is 1.90 bits per heavy atom. The van der Waals surface area contributed by atoms with E-state index in [9.17, 15) is 22.0 Å². The van der Waals surface area contributed by atoms with Crippen LogP contribution in [0.4, 0.5) is 14.6 Å².